The van der Waals surface area contributed by atoms with E-state index in [0.29, 0.717) is 38.9 Å². The number of hydrogen-bond donors (Lipinski definition) is 2. The summed E-state index contributed by atoms with van der Waals surface area (Å²) in [5, 5.41) is 6.19. The van der Waals surface area contributed by atoms with Crippen LogP contribution >= 0.6 is 15.9 Å². The Morgan fingerprint density at radius 3 is 2.51 bits per heavy atom. The first-order valence-corrected chi connectivity index (χ1v) is 15.5. The predicted molar refractivity (Wildman–Crippen MR) is 170 cm³/mol. The van der Waals surface area contributed by atoms with E-state index >= 15 is 0 Å². The van der Waals surface area contributed by atoms with Gasteiger partial charge in [-0.15, -0.1) is 0 Å². The van der Waals surface area contributed by atoms with Crippen LogP contribution in [0.1, 0.15) is 18.4 Å². The number of ether oxygens (including phenoxy) is 1. The second-order valence-corrected chi connectivity index (χ2v) is 12.1. The number of piperazine rings is 1. The Morgan fingerprint density at radius 2 is 1.76 bits per heavy atom. The quantitative estimate of drug-likeness (QED) is 0.251. The molecule has 0 saturated carbocycles. The minimum absolute atomic E-state index is 0.139. The summed E-state index contributed by atoms with van der Waals surface area (Å²) in [5.41, 5.74) is 2.92. The van der Waals surface area contributed by atoms with Crippen molar-refractivity contribution in [3.05, 3.63) is 52.9 Å². The number of fused-ring (bicyclic) bond motifs is 1. The van der Waals surface area contributed by atoms with Crippen LogP contribution in [-0.4, -0.2) is 99.9 Å². The van der Waals surface area contributed by atoms with Crippen LogP contribution in [0.2, 0.25) is 0 Å². The van der Waals surface area contributed by atoms with Gasteiger partial charge in [0.1, 0.15) is 17.3 Å². The van der Waals surface area contributed by atoms with Gasteiger partial charge in [0.15, 0.2) is 6.61 Å². The van der Waals surface area contributed by atoms with Crippen LogP contribution < -0.4 is 20.3 Å². The highest BCUT2D eigenvalue weighted by molar-refractivity contribution is 9.10. The lowest BCUT2D eigenvalue weighted by atomic mass is 10.0. The first kappa shape index (κ1) is 31.2. The zero-order valence-corrected chi connectivity index (χ0v) is 26.5. The van der Waals surface area contributed by atoms with Crippen molar-refractivity contribution in [1.82, 2.24) is 34.7 Å². The number of anilines is 5. The molecule has 45 heavy (non-hydrogen) atoms. The van der Waals surface area contributed by atoms with Crippen LogP contribution in [0.3, 0.4) is 0 Å². The number of pyridine rings is 1. The summed E-state index contributed by atoms with van der Waals surface area (Å²) in [5.74, 6) is 0.995. The normalized spacial score (nSPS) is 17.1. The Balaban J connectivity index is 1.21. The van der Waals surface area contributed by atoms with Gasteiger partial charge in [-0.3, -0.25) is 14.9 Å². The molecular weight excluding hydrogens is 653 g/mol. The molecule has 2 N–H and O–H groups in total. The second-order valence-electron chi connectivity index (χ2n) is 11.2. The number of halogens is 4. The van der Waals surface area contributed by atoms with Crippen LogP contribution in [0.4, 0.5) is 42.1 Å². The van der Waals surface area contributed by atoms with Crippen LogP contribution in [-0.2, 0) is 0 Å². The highest BCUT2D eigenvalue weighted by atomic mass is 79.9. The molecule has 2 aliphatic rings. The third kappa shape index (κ3) is 7.71. The largest absolute Gasteiger partial charge is 0.466 e. The number of hydrogen-bond acceptors (Lipinski definition) is 11. The monoisotopic (exact) mass is 685 g/mol. The standard InChI is InChI=1S/C30H33BrF3N10O/c1-19-15-25(39-29-37-17-22(31)26(40-29)38-20-3-4-23-24(16-20)36-8-7-35-23)28(45-18-30(32,33)34)41-27(19)44-9-5-21(6-10-44)43-13-11-42(2)12-14-43/h3-4,7-8,15,17,21H,5-6,9-14,18H2,1-2H3,(H2,37,38,39,40). The first-order valence-electron chi connectivity index (χ1n) is 14.7. The van der Waals surface area contributed by atoms with Crippen LogP contribution in [0.15, 0.2) is 41.3 Å². The van der Waals surface area contributed by atoms with Gasteiger partial charge in [0.25, 0.3) is 0 Å². The number of likely N-dealkylation sites (N-methyl/N-ethyl adjacent to an activating group) is 1. The number of nitrogens with one attached hydrogen (secondary N) is 2. The van der Waals surface area contributed by atoms with Crippen molar-refractivity contribution in [3.63, 3.8) is 0 Å². The fraction of sp³-hybridized carbons (Fsp3) is 0.433. The van der Waals surface area contributed by atoms with E-state index in [1.807, 2.05) is 13.0 Å². The Hall–Kier alpha value is -3.82. The molecule has 2 aliphatic heterocycles. The van der Waals surface area contributed by atoms with Crippen LogP contribution in [0.5, 0.6) is 5.88 Å². The Kier molecular flexibility index (Phi) is 9.19. The summed E-state index contributed by atoms with van der Waals surface area (Å²) in [6, 6.07) is 8.98. The lowest BCUT2D eigenvalue weighted by Crippen LogP contribution is -2.52. The molecule has 237 valence electrons. The minimum atomic E-state index is -4.53. The van der Waals surface area contributed by atoms with Gasteiger partial charge in [-0.1, -0.05) is 0 Å². The van der Waals surface area contributed by atoms with Crippen LogP contribution in [0.25, 0.3) is 11.0 Å². The number of nitrogens with zero attached hydrogens (tertiary/aromatic N) is 8. The first-order chi connectivity index (χ1) is 21.6. The van der Waals surface area contributed by atoms with Gasteiger partial charge in [0, 0.05) is 70.0 Å². The maximum absolute atomic E-state index is 13.2. The molecule has 6 rings (SSSR count). The highest BCUT2D eigenvalue weighted by Gasteiger charge is 2.31. The summed E-state index contributed by atoms with van der Waals surface area (Å²) in [6.45, 7) is 6.17. The molecule has 3 aromatic heterocycles. The molecule has 0 atom stereocenters. The Bertz CT molecular complexity index is 1640. The number of aromatic nitrogens is 5. The SMILES string of the molecule is Cc1cc(Nc2ncc(Br)c(Nc3[c]c4nccnc4cc3)n2)c(OCC(F)(F)F)nc1N1CCC(N2CCN(C)CC2)CC1. The predicted octanol–water partition coefficient (Wildman–Crippen LogP) is 5.33. The zero-order valence-electron chi connectivity index (χ0n) is 24.9. The molecule has 1 aromatic carbocycles. The summed E-state index contributed by atoms with van der Waals surface area (Å²) < 4.78 is 45.5. The van der Waals surface area contributed by atoms with Gasteiger partial charge in [0.2, 0.25) is 11.8 Å². The van der Waals surface area contributed by atoms with Gasteiger partial charge in [-0.2, -0.15) is 23.1 Å². The number of rotatable bonds is 8. The molecule has 0 spiro atoms. The molecule has 0 bridgehead atoms. The summed E-state index contributed by atoms with van der Waals surface area (Å²) in [7, 11) is 2.14. The molecule has 15 heteroatoms. The molecule has 0 unspecified atom stereocenters. The molecule has 1 radical (unpaired) electrons. The van der Waals surface area contributed by atoms with Crippen molar-refractivity contribution in [2.45, 2.75) is 32.0 Å². The maximum Gasteiger partial charge on any atom is 0.422 e. The Morgan fingerprint density at radius 1 is 1.00 bits per heavy atom. The van der Waals surface area contributed by atoms with Crippen molar-refractivity contribution < 1.29 is 17.9 Å². The summed E-state index contributed by atoms with van der Waals surface area (Å²) in [6.07, 6.45) is 2.13. The van der Waals surface area contributed by atoms with Crippen molar-refractivity contribution in [2.24, 2.45) is 0 Å². The van der Waals surface area contributed by atoms with E-state index in [1.54, 1.807) is 24.5 Å². The molecule has 2 fully saturated rings. The molecule has 4 aromatic rings. The number of benzene rings is 1. The van der Waals surface area contributed by atoms with E-state index in [9.17, 15) is 13.2 Å². The lowest BCUT2D eigenvalue weighted by molar-refractivity contribution is -0.153. The van der Waals surface area contributed by atoms with E-state index < -0.39 is 12.8 Å². The van der Waals surface area contributed by atoms with Crippen molar-refractivity contribution in [1.29, 1.82) is 0 Å². The Labute approximate surface area is 267 Å². The van der Waals surface area contributed by atoms with Gasteiger partial charge < -0.3 is 25.2 Å². The maximum atomic E-state index is 13.2. The van der Waals surface area contributed by atoms with Gasteiger partial charge in [-0.05, 0) is 66.5 Å². The zero-order chi connectivity index (χ0) is 31.6. The van der Waals surface area contributed by atoms with E-state index in [-0.39, 0.29) is 17.5 Å². The summed E-state index contributed by atoms with van der Waals surface area (Å²) >= 11 is 3.45. The van der Waals surface area contributed by atoms with Crippen molar-refractivity contribution >= 4 is 55.9 Å². The van der Waals surface area contributed by atoms with E-state index in [4.69, 9.17) is 4.74 Å². The molecule has 0 amide bonds. The van der Waals surface area contributed by atoms with E-state index in [1.165, 1.54) is 6.20 Å². The lowest BCUT2D eigenvalue weighted by Gasteiger charge is -2.42. The second kappa shape index (κ2) is 13.3. The number of alkyl halides is 3. The fourth-order valence-corrected chi connectivity index (χ4v) is 5.91. The van der Waals surface area contributed by atoms with Gasteiger partial charge in [0.05, 0.1) is 21.2 Å². The van der Waals surface area contributed by atoms with Crippen LogP contribution in [0, 0.1) is 13.0 Å². The molecule has 11 nitrogen and oxygen atoms in total. The molecule has 5 heterocycles. The topological polar surface area (TPSA) is 107 Å². The van der Waals surface area contributed by atoms with Crippen molar-refractivity contribution in [3.8, 4) is 5.88 Å². The van der Waals surface area contributed by atoms with E-state index in [0.717, 1.165) is 57.7 Å². The fourth-order valence-electron chi connectivity index (χ4n) is 5.62. The average molecular weight is 687 g/mol. The van der Waals surface area contributed by atoms with Crippen molar-refractivity contribution in [2.75, 3.05) is 68.5 Å². The van der Waals surface area contributed by atoms with Gasteiger partial charge >= 0.3 is 6.18 Å². The third-order valence-electron chi connectivity index (χ3n) is 7.97. The number of piperidine rings is 1. The average Bonchev–Trinajstić information content (AvgIpc) is 3.02. The number of aryl methyl sites for hydroxylation is 1. The smallest absolute Gasteiger partial charge is 0.422 e. The molecular formula is C30H33BrF3N10O. The minimum Gasteiger partial charge on any atom is -0.466 e. The highest BCUT2D eigenvalue weighted by Crippen LogP contribution is 2.35. The molecule has 2 saturated heterocycles. The van der Waals surface area contributed by atoms with Gasteiger partial charge in [-0.25, -0.2) is 4.98 Å². The summed E-state index contributed by atoms with van der Waals surface area (Å²) in [4.78, 5) is 29.0. The molecule has 0 aliphatic carbocycles. The third-order valence-corrected chi connectivity index (χ3v) is 8.55. The van der Waals surface area contributed by atoms with E-state index in [2.05, 4.69) is 79.3 Å².